The van der Waals surface area contributed by atoms with Gasteiger partial charge in [0.15, 0.2) is 0 Å². The van der Waals surface area contributed by atoms with Gasteiger partial charge >= 0.3 is 0 Å². The highest BCUT2D eigenvalue weighted by Gasteiger charge is 2.11. The summed E-state index contributed by atoms with van der Waals surface area (Å²) in [4.78, 5) is 0. The highest BCUT2D eigenvalue weighted by Crippen LogP contribution is 2.30. The Morgan fingerprint density at radius 2 is 1.81 bits per heavy atom. The van der Waals surface area contributed by atoms with E-state index in [-0.39, 0.29) is 6.04 Å². The molecule has 0 spiro atoms. The molecule has 0 bridgehead atoms. The molecule has 0 amide bonds. The van der Waals surface area contributed by atoms with Crippen LogP contribution in [0.25, 0.3) is 0 Å². The standard InChI is InChI=1S/C17H19Cl2NO/c1-2-15(20)10-13-4-3-5-16(19)17(13)21-11-12-6-8-14(18)9-7-12/h3-9,15H,2,10-11,20H2,1H3. The van der Waals surface area contributed by atoms with Crippen molar-refractivity contribution >= 4 is 23.2 Å². The van der Waals surface area contributed by atoms with E-state index >= 15 is 0 Å². The van der Waals surface area contributed by atoms with Crippen molar-refractivity contribution in [2.45, 2.75) is 32.4 Å². The van der Waals surface area contributed by atoms with Crippen molar-refractivity contribution in [2.75, 3.05) is 0 Å². The van der Waals surface area contributed by atoms with Gasteiger partial charge in [-0.1, -0.05) is 54.4 Å². The van der Waals surface area contributed by atoms with Crippen LogP contribution in [0.15, 0.2) is 42.5 Å². The van der Waals surface area contributed by atoms with Gasteiger partial charge in [0.2, 0.25) is 0 Å². The topological polar surface area (TPSA) is 35.2 Å². The molecule has 2 nitrogen and oxygen atoms in total. The second-order valence-electron chi connectivity index (χ2n) is 5.02. The van der Waals surface area contributed by atoms with Gasteiger partial charge in [-0.05, 0) is 42.2 Å². The maximum absolute atomic E-state index is 6.26. The molecule has 0 heterocycles. The minimum absolute atomic E-state index is 0.112. The number of rotatable bonds is 6. The molecular formula is C17H19Cl2NO. The van der Waals surface area contributed by atoms with Gasteiger partial charge in [-0.3, -0.25) is 0 Å². The molecule has 0 radical (unpaired) electrons. The predicted molar refractivity (Wildman–Crippen MR) is 89.2 cm³/mol. The quantitative estimate of drug-likeness (QED) is 0.824. The van der Waals surface area contributed by atoms with Crippen LogP contribution in [0.4, 0.5) is 0 Å². The molecule has 0 saturated carbocycles. The van der Waals surface area contributed by atoms with E-state index in [0.29, 0.717) is 16.7 Å². The average molecular weight is 324 g/mol. The Bertz CT molecular complexity index is 584. The van der Waals surface area contributed by atoms with E-state index in [9.17, 15) is 0 Å². The SMILES string of the molecule is CCC(N)Cc1cccc(Cl)c1OCc1ccc(Cl)cc1. The second kappa shape index (κ2) is 7.69. The molecule has 0 saturated heterocycles. The Kier molecular flexibility index (Phi) is 5.92. The average Bonchev–Trinajstić information content (AvgIpc) is 2.48. The zero-order valence-electron chi connectivity index (χ0n) is 12.0. The number of hydrogen-bond acceptors (Lipinski definition) is 2. The molecule has 4 heteroatoms. The number of para-hydroxylation sites is 1. The van der Waals surface area contributed by atoms with E-state index in [1.54, 1.807) is 0 Å². The fraction of sp³-hybridized carbons (Fsp3) is 0.294. The predicted octanol–water partition coefficient (Wildman–Crippen LogP) is 4.85. The van der Waals surface area contributed by atoms with E-state index < -0.39 is 0 Å². The fourth-order valence-electron chi connectivity index (χ4n) is 2.04. The van der Waals surface area contributed by atoms with Crippen LogP contribution in [-0.4, -0.2) is 6.04 Å². The van der Waals surface area contributed by atoms with Crippen LogP contribution in [0.1, 0.15) is 24.5 Å². The summed E-state index contributed by atoms with van der Waals surface area (Å²) in [6, 6.07) is 13.5. The molecule has 0 aliphatic carbocycles. The van der Waals surface area contributed by atoms with E-state index in [4.69, 9.17) is 33.7 Å². The molecule has 2 aromatic rings. The molecule has 21 heavy (non-hydrogen) atoms. The first-order chi connectivity index (χ1) is 10.1. The van der Waals surface area contributed by atoms with Gasteiger partial charge in [-0.2, -0.15) is 0 Å². The summed E-state index contributed by atoms with van der Waals surface area (Å²) in [6.07, 6.45) is 1.68. The van der Waals surface area contributed by atoms with Crippen LogP contribution in [0.5, 0.6) is 5.75 Å². The van der Waals surface area contributed by atoms with E-state index in [2.05, 4.69) is 6.92 Å². The molecule has 2 N–H and O–H groups in total. The van der Waals surface area contributed by atoms with Crippen LogP contribution in [-0.2, 0) is 13.0 Å². The smallest absolute Gasteiger partial charge is 0.141 e. The van der Waals surface area contributed by atoms with Gasteiger partial charge in [0.1, 0.15) is 12.4 Å². The Labute approximate surface area is 135 Å². The van der Waals surface area contributed by atoms with Gasteiger partial charge in [0.05, 0.1) is 5.02 Å². The first-order valence-electron chi connectivity index (χ1n) is 7.00. The lowest BCUT2D eigenvalue weighted by Crippen LogP contribution is -2.21. The van der Waals surface area contributed by atoms with Crippen molar-refractivity contribution in [3.05, 3.63) is 63.6 Å². The molecule has 1 unspecified atom stereocenters. The largest absolute Gasteiger partial charge is 0.487 e. The summed E-state index contributed by atoms with van der Waals surface area (Å²) in [5, 5.41) is 1.33. The van der Waals surface area contributed by atoms with Crippen molar-refractivity contribution in [3.63, 3.8) is 0 Å². The lowest BCUT2D eigenvalue weighted by molar-refractivity contribution is 0.302. The summed E-state index contributed by atoms with van der Waals surface area (Å²) in [5.74, 6) is 0.720. The van der Waals surface area contributed by atoms with Gasteiger partial charge in [0, 0.05) is 11.1 Å². The summed E-state index contributed by atoms with van der Waals surface area (Å²) < 4.78 is 5.91. The summed E-state index contributed by atoms with van der Waals surface area (Å²) in [6.45, 7) is 2.53. The van der Waals surface area contributed by atoms with Crippen LogP contribution >= 0.6 is 23.2 Å². The summed E-state index contributed by atoms with van der Waals surface area (Å²) in [7, 11) is 0. The minimum atomic E-state index is 0.112. The van der Waals surface area contributed by atoms with Crippen molar-refractivity contribution in [1.29, 1.82) is 0 Å². The Morgan fingerprint density at radius 1 is 1.10 bits per heavy atom. The molecular weight excluding hydrogens is 305 g/mol. The van der Waals surface area contributed by atoms with E-state index in [1.165, 1.54) is 0 Å². The van der Waals surface area contributed by atoms with Crippen molar-refractivity contribution < 1.29 is 4.74 Å². The minimum Gasteiger partial charge on any atom is -0.487 e. The third-order valence-electron chi connectivity index (χ3n) is 3.35. The van der Waals surface area contributed by atoms with Crippen LogP contribution in [0, 0.1) is 0 Å². The Hall–Kier alpha value is -1.22. The van der Waals surface area contributed by atoms with Crippen LogP contribution in [0.2, 0.25) is 10.0 Å². The Balaban J connectivity index is 2.12. The lowest BCUT2D eigenvalue weighted by Gasteiger charge is -2.15. The summed E-state index contributed by atoms with van der Waals surface area (Å²) >= 11 is 12.1. The normalized spacial score (nSPS) is 12.2. The number of hydrogen-bond donors (Lipinski definition) is 1. The van der Waals surface area contributed by atoms with Crippen LogP contribution in [0.3, 0.4) is 0 Å². The molecule has 112 valence electrons. The van der Waals surface area contributed by atoms with E-state index in [0.717, 1.165) is 29.7 Å². The zero-order chi connectivity index (χ0) is 15.2. The van der Waals surface area contributed by atoms with Crippen LogP contribution < -0.4 is 10.5 Å². The molecule has 0 aliphatic heterocycles. The first-order valence-corrected chi connectivity index (χ1v) is 7.76. The fourth-order valence-corrected chi connectivity index (χ4v) is 2.41. The molecule has 2 rings (SSSR count). The molecule has 1 atom stereocenters. The third-order valence-corrected chi connectivity index (χ3v) is 3.90. The zero-order valence-corrected chi connectivity index (χ0v) is 13.5. The maximum atomic E-state index is 6.26. The monoisotopic (exact) mass is 323 g/mol. The highest BCUT2D eigenvalue weighted by molar-refractivity contribution is 6.32. The second-order valence-corrected chi connectivity index (χ2v) is 5.86. The van der Waals surface area contributed by atoms with Gasteiger partial charge in [-0.15, -0.1) is 0 Å². The van der Waals surface area contributed by atoms with Crippen molar-refractivity contribution in [2.24, 2.45) is 5.73 Å². The van der Waals surface area contributed by atoms with Gasteiger partial charge in [0.25, 0.3) is 0 Å². The lowest BCUT2D eigenvalue weighted by atomic mass is 10.0. The number of benzene rings is 2. The van der Waals surface area contributed by atoms with E-state index in [1.807, 2.05) is 42.5 Å². The first kappa shape index (κ1) is 16.2. The van der Waals surface area contributed by atoms with Crippen molar-refractivity contribution in [3.8, 4) is 5.75 Å². The maximum Gasteiger partial charge on any atom is 0.141 e. The van der Waals surface area contributed by atoms with Gasteiger partial charge in [-0.25, -0.2) is 0 Å². The highest BCUT2D eigenvalue weighted by atomic mass is 35.5. The number of nitrogens with two attached hydrogens (primary N) is 1. The molecule has 0 aromatic heterocycles. The molecule has 0 fully saturated rings. The molecule has 0 aliphatic rings. The Morgan fingerprint density at radius 3 is 2.48 bits per heavy atom. The number of ether oxygens (including phenoxy) is 1. The van der Waals surface area contributed by atoms with Gasteiger partial charge < -0.3 is 10.5 Å². The number of halogens is 2. The third kappa shape index (κ3) is 4.63. The summed E-state index contributed by atoms with van der Waals surface area (Å²) in [5.41, 5.74) is 8.13. The van der Waals surface area contributed by atoms with Crippen molar-refractivity contribution in [1.82, 2.24) is 0 Å². The molecule has 2 aromatic carbocycles.